The highest BCUT2D eigenvalue weighted by Gasteiger charge is 2.37. The van der Waals surface area contributed by atoms with Gasteiger partial charge in [-0.2, -0.15) is 0 Å². The predicted octanol–water partition coefficient (Wildman–Crippen LogP) is 8.01. The van der Waals surface area contributed by atoms with Crippen LogP contribution in [0.2, 0.25) is 0 Å². The molecule has 5 aromatic rings. The lowest BCUT2D eigenvalue weighted by molar-refractivity contribution is -0.142. The van der Waals surface area contributed by atoms with Gasteiger partial charge in [0.05, 0.1) is 13.0 Å². The zero-order valence-electron chi connectivity index (χ0n) is 29.3. The quantitative estimate of drug-likeness (QED) is 0.0801. The summed E-state index contributed by atoms with van der Waals surface area (Å²) in [7, 11) is 1.46. The first-order valence-electron chi connectivity index (χ1n) is 17.8. The van der Waals surface area contributed by atoms with Gasteiger partial charge >= 0.3 is 12.1 Å². The number of carboxylic acids is 1. The molecule has 2 N–H and O–H groups in total. The van der Waals surface area contributed by atoms with Crippen LogP contribution in [0.5, 0.6) is 0 Å². The summed E-state index contributed by atoms with van der Waals surface area (Å²) < 4.78 is 12.4. The molecular formula is C44H44N2O6. The minimum atomic E-state index is -1.10. The number of amides is 2. The number of hydrogen-bond acceptors (Lipinski definition) is 5. The summed E-state index contributed by atoms with van der Waals surface area (Å²) in [6.07, 6.45) is 0.740. The Balaban J connectivity index is 0.984. The van der Waals surface area contributed by atoms with Gasteiger partial charge in [-0.15, -0.1) is 0 Å². The number of ether oxygens (including phenoxy) is 2. The smallest absolute Gasteiger partial charge is 0.410 e. The maximum atomic E-state index is 13.1. The molecule has 0 aliphatic heterocycles. The number of carbonyl (C=O) groups excluding carboxylic acids is 2. The minimum Gasteiger partial charge on any atom is -0.480 e. The van der Waals surface area contributed by atoms with Crippen molar-refractivity contribution in [2.45, 2.75) is 43.2 Å². The van der Waals surface area contributed by atoms with Gasteiger partial charge < -0.3 is 19.9 Å². The molecule has 5 aromatic carbocycles. The lowest BCUT2D eigenvalue weighted by Crippen LogP contribution is -2.43. The van der Waals surface area contributed by atoms with Gasteiger partial charge in [0.25, 0.3) is 0 Å². The van der Waals surface area contributed by atoms with Crippen molar-refractivity contribution >= 4 is 18.0 Å². The van der Waals surface area contributed by atoms with E-state index in [1.54, 1.807) is 0 Å². The molecule has 0 spiro atoms. The van der Waals surface area contributed by atoms with Gasteiger partial charge in [-0.1, -0.05) is 140 Å². The van der Waals surface area contributed by atoms with E-state index in [0.717, 1.165) is 43.8 Å². The molecule has 2 amide bonds. The number of hydrogen-bond donors (Lipinski definition) is 2. The van der Waals surface area contributed by atoms with Crippen LogP contribution in [-0.2, 0) is 24.7 Å². The van der Waals surface area contributed by atoms with E-state index < -0.39 is 23.7 Å². The first-order chi connectivity index (χ1) is 25.4. The molecule has 0 aromatic heterocycles. The van der Waals surface area contributed by atoms with E-state index in [2.05, 4.69) is 17.4 Å². The zero-order valence-corrected chi connectivity index (χ0v) is 29.3. The van der Waals surface area contributed by atoms with Crippen molar-refractivity contribution < 1.29 is 29.0 Å². The fraction of sp³-hybridized carbons (Fsp3) is 0.250. The van der Waals surface area contributed by atoms with Gasteiger partial charge in [-0.25, -0.2) is 9.59 Å². The number of unbranched alkanes of at least 4 members (excludes halogenated alkanes) is 1. The molecule has 6 rings (SSSR count). The van der Waals surface area contributed by atoms with E-state index in [-0.39, 0.29) is 37.9 Å². The second kappa shape index (κ2) is 17.0. The zero-order chi connectivity index (χ0) is 36.3. The Kier molecular flexibility index (Phi) is 11.8. The summed E-state index contributed by atoms with van der Waals surface area (Å²) in [4.78, 5) is 39.3. The number of carboxylic acid groups (broad SMARTS) is 1. The van der Waals surface area contributed by atoms with Crippen LogP contribution in [0.1, 0.15) is 59.4 Å². The summed E-state index contributed by atoms with van der Waals surface area (Å²) in [5, 5.41) is 12.9. The summed E-state index contributed by atoms with van der Waals surface area (Å²) in [6, 6.07) is 45.1. The molecule has 0 saturated carbocycles. The van der Waals surface area contributed by atoms with Crippen molar-refractivity contribution in [2.24, 2.45) is 0 Å². The molecular weight excluding hydrogens is 652 g/mol. The molecule has 266 valence electrons. The van der Waals surface area contributed by atoms with Crippen molar-refractivity contribution in [3.63, 3.8) is 0 Å². The van der Waals surface area contributed by atoms with Crippen LogP contribution in [0.3, 0.4) is 0 Å². The molecule has 52 heavy (non-hydrogen) atoms. The van der Waals surface area contributed by atoms with Crippen LogP contribution in [0, 0.1) is 0 Å². The average Bonchev–Trinajstić information content (AvgIpc) is 3.51. The van der Waals surface area contributed by atoms with E-state index in [1.807, 2.05) is 127 Å². The van der Waals surface area contributed by atoms with Gasteiger partial charge in [0.2, 0.25) is 5.91 Å². The number of likely N-dealkylation sites (N-methyl/N-ethyl adjacent to an activating group) is 1. The predicted molar refractivity (Wildman–Crippen MR) is 201 cm³/mol. The number of rotatable bonds is 16. The Labute approximate surface area is 305 Å². The first kappa shape index (κ1) is 36.1. The van der Waals surface area contributed by atoms with Gasteiger partial charge in [0, 0.05) is 19.5 Å². The lowest BCUT2D eigenvalue weighted by Gasteiger charge is -2.36. The van der Waals surface area contributed by atoms with Crippen molar-refractivity contribution in [3.05, 3.63) is 167 Å². The molecule has 1 atom stereocenters. The van der Waals surface area contributed by atoms with Crippen molar-refractivity contribution in [1.82, 2.24) is 10.2 Å². The van der Waals surface area contributed by atoms with Crippen molar-refractivity contribution in [1.29, 1.82) is 0 Å². The standard InChI is InChI=1S/C44H44N2O6/c1-46(43(50)51-31-39-37-25-13-11-23-35(37)36-24-12-14-26-38(36)39)40(42(48)49)27-15-16-29-45-41(47)28-30-52-44(32-17-5-2-6-18-32,33-19-7-3-8-20-33)34-21-9-4-10-22-34/h2-14,17-26,39-40H,15-16,27-31H2,1H3,(H,45,47)(H,48,49). The maximum Gasteiger partial charge on any atom is 0.410 e. The largest absolute Gasteiger partial charge is 0.480 e. The molecule has 0 fully saturated rings. The van der Waals surface area contributed by atoms with Gasteiger partial charge in [0.15, 0.2) is 0 Å². The lowest BCUT2D eigenvalue weighted by atomic mass is 9.80. The van der Waals surface area contributed by atoms with Crippen LogP contribution in [0.4, 0.5) is 4.79 Å². The first-order valence-corrected chi connectivity index (χ1v) is 17.8. The minimum absolute atomic E-state index is 0.114. The fourth-order valence-electron chi connectivity index (χ4n) is 7.15. The molecule has 1 unspecified atom stereocenters. The van der Waals surface area contributed by atoms with E-state index in [4.69, 9.17) is 9.47 Å². The highest BCUT2D eigenvalue weighted by Crippen LogP contribution is 2.44. The molecule has 0 bridgehead atoms. The van der Waals surface area contributed by atoms with Crippen LogP contribution in [0.15, 0.2) is 140 Å². The number of nitrogens with one attached hydrogen (secondary N) is 1. The number of carbonyl (C=O) groups is 3. The van der Waals surface area contributed by atoms with Crippen molar-refractivity contribution in [2.75, 3.05) is 26.8 Å². The second-order valence-electron chi connectivity index (χ2n) is 13.0. The molecule has 0 heterocycles. The molecule has 8 heteroatoms. The van der Waals surface area contributed by atoms with Crippen LogP contribution >= 0.6 is 0 Å². The third-order valence-corrected chi connectivity index (χ3v) is 9.79. The Morgan fingerprint density at radius 3 is 1.69 bits per heavy atom. The number of benzene rings is 5. The van der Waals surface area contributed by atoms with E-state index in [9.17, 15) is 19.5 Å². The third kappa shape index (κ3) is 7.92. The maximum absolute atomic E-state index is 13.1. The van der Waals surface area contributed by atoms with Gasteiger partial charge in [-0.3, -0.25) is 9.69 Å². The summed E-state index contributed by atoms with van der Waals surface area (Å²) in [5.41, 5.74) is 6.40. The normalized spacial score (nSPS) is 12.7. The fourth-order valence-corrected chi connectivity index (χ4v) is 7.15. The summed E-state index contributed by atoms with van der Waals surface area (Å²) >= 11 is 0. The van der Waals surface area contributed by atoms with Crippen LogP contribution in [-0.4, -0.2) is 60.8 Å². The van der Waals surface area contributed by atoms with Crippen LogP contribution in [0.25, 0.3) is 11.1 Å². The highest BCUT2D eigenvalue weighted by molar-refractivity contribution is 5.81. The second-order valence-corrected chi connectivity index (χ2v) is 13.0. The summed E-state index contributed by atoms with van der Waals surface area (Å²) in [6.45, 7) is 0.667. The van der Waals surface area contributed by atoms with Gasteiger partial charge in [-0.05, 0) is 58.2 Å². The highest BCUT2D eigenvalue weighted by atomic mass is 16.6. The molecule has 8 nitrogen and oxygen atoms in total. The monoisotopic (exact) mass is 696 g/mol. The topological polar surface area (TPSA) is 105 Å². The van der Waals surface area contributed by atoms with Crippen LogP contribution < -0.4 is 5.32 Å². The van der Waals surface area contributed by atoms with E-state index in [1.165, 1.54) is 7.05 Å². The number of fused-ring (bicyclic) bond motifs is 3. The molecule has 0 saturated heterocycles. The van der Waals surface area contributed by atoms with E-state index in [0.29, 0.717) is 19.4 Å². The molecule has 1 aliphatic rings. The van der Waals surface area contributed by atoms with E-state index >= 15 is 0 Å². The Morgan fingerprint density at radius 1 is 0.712 bits per heavy atom. The molecule has 1 aliphatic carbocycles. The number of aliphatic carboxylic acids is 1. The van der Waals surface area contributed by atoms with Gasteiger partial charge in [0.1, 0.15) is 18.2 Å². The SMILES string of the molecule is CN(C(=O)OCC1c2ccccc2-c2ccccc21)C(CCCCNC(=O)CCOC(c1ccccc1)(c1ccccc1)c1ccccc1)C(=O)O. The Bertz CT molecular complexity index is 1810. The Hall–Kier alpha value is -5.73. The average molecular weight is 697 g/mol. The number of nitrogens with zero attached hydrogens (tertiary/aromatic N) is 1. The summed E-state index contributed by atoms with van der Waals surface area (Å²) in [5.74, 6) is -1.38. The molecule has 0 radical (unpaired) electrons. The third-order valence-electron chi connectivity index (χ3n) is 9.79. The van der Waals surface area contributed by atoms with Crippen molar-refractivity contribution in [3.8, 4) is 11.1 Å². The Morgan fingerprint density at radius 2 is 1.19 bits per heavy atom.